The lowest BCUT2D eigenvalue weighted by atomic mass is 9.85. The summed E-state index contributed by atoms with van der Waals surface area (Å²) in [6.45, 7) is 5.33. The van der Waals surface area contributed by atoms with Crippen LogP contribution in [-0.2, 0) is 4.79 Å². The molecule has 0 saturated carbocycles. The van der Waals surface area contributed by atoms with Crippen LogP contribution in [0.1, 0.15) is 37.0 Å². The highest BCUT2D eigenvalue weighted by molar-refractivity contribution is 6.07. The third-order valence-corrected chi connectivity index (χ3v) is 5.43. The first kappa shape index (κ1) is 20.0. The van der Waals surface area contributed by atoms with Crippen molar-refractivity contribution in [2.24, 2.45) is 5.92 Å². The second kappa shape index (κ2) is 7.69. The minimum atomic E-state index is -0.857. The number of imide groups is 1. The number of nitrogens with one attached hydrogen (secondary N) is 1. The molecule has 1 aromatic rings. The van der Waals surface area contributed by atoms with Crippen molar-refractivity contribution in [3.05, 3.63) is 23.8 Å². The summed E-state index contributed by atoms with van der Waals surface area (Å²) < 4.78 is 10.5. The maximum absolute atomic E-state index is 13.0. The molecule has 2 aliphatic rings. The molecule has 1 N–H and O–H groups in total. The Balaban J connectivity index is 1.77. The van der Waals surface area contributed by atoms with E-state index in [1.165, 1.54) is 14.2 Å². The molecular weight excluding hydrogens is 362 g/mol. The molecule has 0 atom stereocenters. The van der Waals surface area contributed by atoms with Crippen LogP contribution in [-0.4, -0.2) is 67.0 Å². The van der Waals surface area contributed by atoms with Crippen LogP contribution in [0.15, 0.2) is 18.2 Å². The first-order valence-electron chi connectivity index (χ1n) is 9.46. The standard InChI is InChI=1S/C20H27N3O5/c1-13(2)12-23-19(26)21-18(25)20(23)5-7-22(8-6-20)17(24)14-9-15(27-3)11-16(10-14)28-4/h9-11,13H,5-8,12H2,1-4H3,(H,21,25,26). The van der Waals surface area contributed by atoms with E-state index in [1.54, 1.807) is 28.0 Å². The van der Waals surface area contributed by atoms with Crippen LogP contribution in [0.2, 0.25) is 0 Å². The van der Waals surface area contributed by atoms with Crippen molar-refractivity contribution < 1.29 is 23.9 Å². The van der Waals surface area contributed by atoms with Crippen LogP contribution >= 0.6 is 0 Å². The minimum absolute atomic E-state index is 0.146. The Morgan fingerprint density at radius 1 is 1.11 bits per heavy atom. The fraction of sp³-hybridized carbons (Fsp3) is 0.550. The van der Waals surface area contributed by atoms with Crippen LogP contribution in [0.3, 0.4) is 0 Å². The zero-order valence-corrected chi connectivity index (χ0v) is 16.8. The van der Waals surface area contributed by atoms with Crippen molar-refractivity contribution in [3.63, 3.8) is 0 Å². The van der Waals surface area contributed by atoms with Gasteiger partial charge in [0.15, 0.2) is 0 Å². The Hall–Kier alpha value is -2.77. The van der Waals surface area contributed by atoms with Crippen molar-refractivity contribution in [2.45, 2.75) is 32.2 Å². The number of nitrogens with zero attached hydrogens (tertiary/aromatic N) is 2. The van der Waals surface area contributed by atoms with E-state index >= 15 is 0 Å². The van der Waals surface area contributed by atoms with Gasteiger partial charge in [0, 0.05) is 31.3 Å². The number of amides is 4. The topological polar surface area (TPSA) is 88.2 Å². The van der Waals surface area contributed by atoms with Gasteiger partial charge in [-0.2, -0.15) is 0 Å². The second-order valence-corrected chi connectivity index (χ2v) is 7.69. The molecule has 8 nitrogen and oxygen atoms in total. The van der Waals surface area contributed by atoms with Gasteiger partial charge >= 0.3 is 6.03 Å². The summed E-state index contributed by atoms with van der Waals surface area (Å²) in [4.78, 5) is 41.2. The van der Waals surface area contributed by atoms with E-state index in [9.17, 15) is 14.4 Å². The summed E-state index contributed by atoms with van der Waals surface area (Å²) >= 11 is 0. The molecule has 0 radical (unpaired) electrons. The van der Waals surface area contributed by atoms with Crippen molar-refractivity contribution in [2.75, 3.05) is 33.9 Å². The summed E-state index contributed by atoms with van der Waals surface area (Å²) in [7, 11) is 3.07. The van der Waals surface area contributed by atoms with Gasteiger partial charge < -0.3 is 19.3 Å². The summed E-state index contributed by atoms with van der Waals surface area (Å²) in [5.41, 5.74) is -0.386. The number of urea groups is 1. The molecule has 1 spiro atoms. The first-order chi connectivity index (χ1) is 13.3. The highest BCUT2D eigenvalue weighted by Crippen LogP contribution is 2.34. The normalized spacial score (nSPS) is 18.6. The van der Waals surface area contributed by atoms with Crippen molar-refractivity contribution in [3.8, 4) is 11.5 Å². The summed E-state index contributed by atoms with van der Waals surface area (Å²) in [6, 6.07) is 4.72. The predicted octanol–water partition coefficient (Wildman–Crippen LogP) is 1.89. The summed E-state index contributed by atoms with van der Waals surface area (Å²) in [6.07, 6.45) is 0.842. The third-order valence-electron chi connectivity index (χ3n) is 5.43. The molecule has 4 amide bonds. The lowest BCUT2D eigenvalue weighted by molar-refractivity contribution is -0.129. The molecule has 1 aromatic carbocycles. The van der Waals surface area contributed by atoms with Crippen molar-refractivity contribution >= 4 is 17.8 Å². The van der Waals surface area contributed by atoms with E-state index in [0.717, 1.165) is 0 Å². The third kappa shape index (κ3) is 3.50. The van der Waals surface area contributed by atoms with E-state index in [2.05, 4.69) is 5.32 Å². The van der Waals surface area contributed by atoms with Crippen LogP contribution in [0.25, 0.3) is 0 Å². The molecule has 3 rings (SSSR count). The smallest absolute Gasteiger partial charge is 0.325 e. The predicted molar refractivity (Wildman–Crippen MR) is 102 cm³/mol. The maximum atomic E-state index is 13.0. The molecule has 2 aliphatic heterocycles. The Morgan fingerprint density at radius 3 is 2.18 bits per heavy atom. The number of piperidine rings is 1. The Bertz CT molecular complexity index is 762. The molecule has 2 heterocycles. The van der Waals surface area contributed by atoms with E-state index in [4.69, 9.17) is 9.47 Å². The van der Waals surface area contributed by atoms with Gasteiger partial charge in [0.1, 0.15) is 17.0 Å². The average molecular weight is 389 g/mol. The minimum Gasteiger partial charge on any atom is -0.497 e. The van der Waals surface area contributed by atoms with E-state index in [0.29, 0.717) is 49.5 Å². The highest BCUT2D eigenvalue weighted by Gasteiger charge is 2.54. The Labute approximate surface area is 164 Å². The largest absolute Gasteiger partial charge is 0.497 e. The highest BCUT2D eigenvalue weighted by atomic mass is 16.5. The van der Waals surface area contributed by atoms with Crippen LogP contribution in [0, 0.1) is 5.92 Å². The zero-order chi connectivity index (χ0) is 20.5. The summed E-state index contributed by atoms with van der Waals surface area (Å²) in [5.74, 6) is 0.929. The van der Waals surface area contributed by atoms with Gasteiger partial charge in [-0.05, 0) is 30.9 Å². The molecule has 0 aliphatic carbocycles. The van der Waals surface area contributed by atoms with E-state index in [1.807, 2.05) is 13.8 Å². The van der Waals surface area contributed by atoms with Crippen LogP contribution in [0.4, 0.5) is 4.79 Å². The number of ether oxygens (including phenoxy) is 2. The van der Waals surface area contributed by atoms with Gasteiger partial charge in [-0.1, -0.05) is 13.8 Å². The van der Waals surface area contributed by atoms with Gasteiger partial charge in [0.05, 0.1) is 14.2 Å². The maximum Gasteiger partial charge on any atom is 0.325 e. The number of benzene rings is 1. The van der Waals surface area contributed by atoms with E-state index in [-0.39, 0.29) is 23.8 Å². The molecule has 8 heteroatoms. The van der Waals surface area contributed by atoms with Crippen molar-refractivity contribution in [1.82, 2.24) is 15.1 Å². The number of carbonyl (C=O) groups is 3. The molecule has 28 heavy (non-hydrogen) atoms. The molecule has 0 bridgehead atoms. The average Bonchev–Trinajstić information content (AvgIpc) is 2.91. The quantitative estimate of drug-likeness (QED) is 0.777. The van der Waals surface area contributed by atoms with Crippen LogP contribution < -0.4 is 14.8 Å². The van der Waals surface area contributed by atoms with Crippen LogP contribution in [0.5, 0.6) is 11.5 Å². The SMILES string of the molecule is COc1cc(OC)cc(C(=O)N2CCC3(CC2)C(=O)NC(=O)N3CC(C)C)c1. The fourth-order valence-electron chi connectivity index (χ4n) is 3.91. The number of carbonyl (C=O) groups excluding carboxylic acids is 3. The number of methoxy groups -OCH3 is 2. The molecule has 2 fully saturated rings. The number of rotatable bonds is 5. The van der Waals surface area contributed by atoms with E-state index < -0.39 is 5.54 Å². The fourth-order valence-corrected chi connectivity index (χ4v) is 3.91. The van der Waals surface area contributed by atoms with Gasteiger partial charge in [0.25, 0.3) is 11.8 Å². The van der Waals surface area contributed by atoms with Crippen molar-refractivity contribution in [1.29, 1.82) is 0 Å². The lowest BCUT2D eigenvalue weighted by Crippen LogP contribution is -2.58. The van der Waals surface area contributed by atoms with Gasteiger partial charge in [-0.25, -0.2) is 4.79 Å². The van der Waals surface area contributed by atoms with Gasteiger partial charge in [-0.15, -0.1) is 0 Å². The number of hydrogen-bond acceptors (Lipinski definition) is 5. The lowest BCUT2D eigenvalue weighted by Gasteiger charge is -2.42. The number of hydrogen-bond donors (Lipinski definition) is 1. The molecule has 0 aromatic heterocycles. The van der Waals surface area contributed by atoms with Gasteiger partial charge in [-0.3, -0.25) is 14.9 Å². The molecule has 2 saturated heterocycles. The first-order valence-corrected chi connectivity index (χ1v) is 9.46. The zero-order valence-electron chi connectivity index (χ0n) is 16.8. The second-order valence-electron chi connectivity index (χ2n) is 7.69. The Morgan fingerprint density at radius 2 is 1.68 bits per heavy atom. The molecule has 0 unspecified atom stereocenters. The monoisotopic (exact) mass is 389 g/mol. The Kier molecular flexibility index (Phi) is 5.49. The summed E-state index contributed by atoms with van der Waals surface area (Å²) in [5, 5.41) is 2.45. The van der Waals surface area contributed by atoms with Gasteiger partial charge in [0.2, 0.25) is 0 Å². The number of likely N-dealkylation sites (tertiary alicyclic amines) is 1. The molecular formula is C20H27N3O5. The molecule has 152 valence electrons.